The molecule has 3 aromatic rings. The van der Waals surface area contributed by atoms with Crippen molar-refractivity contribution in [2.24, 2.45) is 5.92 Å². The number of aromatic nitrogens is 2. The van der Waals surface area contributed by atoms with E-state index in [1.807, 2.05) is 19.1 Å². The van der Waals surface area contributed by atoms with Gasteiger partial charge in [0.15, 0.2) is 0 Å². The Bertz CT molecular complexity index is 1070. The Hall–Kier alpha value is -2.92. The van der Waals surface area contributed by atoms with Crippen molar-refractivity contribution in [2.45, 2.75) is 19.4 Å². The largest absolute Gasteiger partial charge is 0.367 e. The van der Waals surface area contributed by atoms with Crippen molar-refractivity contribution in [1.82, 2.24) is 14.7 Å². The molecule has 0 saturated carbocycles. The minimum Gasteiger partial charge on any atom is -0.367 e. The summed E-state index contributed by atoms with van der Waals surface area (Å²) in [5.41, 5.74) is 5.14. The average Bonchev–Trinajstić information content (AvgIpc) is 3.29. The number of benzene rings is 2. The number of rotatable bonds is 3. The molecule has 5 rings (SSSR count). The van der Waals surface area contributed by atoms with Crippen LogP contribution >= 0.6 is 0 Å². The lowest BCUT2D eigenvalue weighted by Crippen LogP contribution is -2.34. The summed E-state index contributed by atoms with van der Waals surface area (Å²) in [6.07, 6.45) is 1.30. The lowest BCUT2D eigenvalue weighted by molar-refractivity contribution is 0.386. The van der Waals surface area contributed by atoms with Gasteiger partial charge in [-0.25, -0.2) is 0 Å². The highest BCUT2D eigenvalue weighted by Gasteiger charge is 2.39. The highest BCUT2D eigenvalue weighted by Crippen LogP contribution is 2.35. The number of fused-ring (bicyclic) bond motifs is 1. The van der Waals surface area contributed by atoms with Crippen LogP contribution in [0, 0.1) is 12.8 Å². The van der Waals surface area contributed by atoms with Crippen molar-refractivity contribution >= 4 is 5.69 Å². The molecule has 1 aromatic heterocycles. The topological polar surface area (TPSA) is 41.4 Å². The summed E-state index contributed by atoms with van der Waals surface area (Å²) >= 11 is 0. The number of hydrogen-bond acceptors (Lipinski definition) is 4. The molecular formula is C24H26N4O. The normalized spacial score (nSPS) is 21.5. The third-order valence-corrected chi connectivity index (χ3v) is 6.31. The van der Waals surface area contributed by atoms with Crippen LogP contribution in [0.3, 0.4) is 0 Å². The molecule has 5 nitrogen and oxygen atoms in total. The van der Waals surface area contributed by atoms with Crippen molar-refractivity contribution in [3.8, 4) is 16.8 Å². The molecule has 2 saturated heterocycles. The molecule has 2 aliphatic rings. The van der Waals surface area contributed by atoms with Gasteiger partial charge in [-0.2, -0.15) is 9.78 Å². The van der Waals surface area contributed by atoms with Crippen LogP contribution in [0.2, 0.25) is 0 Å². The van der Waals surface area contributed by atoms with Crippen LogP contribution < -0.4 is 10.5 Å². The zero-order chi connectivity index (χ0) is 20.0. The van der Waals surface area contributed by atoms with Crippen molar-refractivity contribution in [3.05, 3.63) is 76.7 Å². The number of nitrogens with zero attached hydrogens (tertiary/aromatic N) is 4. The molecule has 2 aliphatic heterocycles. The first-order valence-corrected chi connectivity index (χ1v) is 10.3. The van der Waals surface area contributed by atoms with Crippen molar-refractivity contribution < 1.29 is 0 Å². The number of hydrogen-bond donors (Lipinski definition) is 0. The van der Waals surface area contributed by atoms with E-state index < -0.39 is 0 Å². The van der Waals surface area contributed by atoms with Crippen LogP contribution in [0.4, 0.5) is 5.69 Å². The summed E-state index contributed by atoms with van der Waals surface area (Å²) in [6.45, 7) is 5.44. The summed E-state index contributed by atoms with van der Waals surface area (Å²) < 4.78 is 1.45. The number of likely N-dealkylation sites (N-methyl/N-ethyl adjacent to an activating group) is 1. The standard InChI is InChI=1S/C24H26N4O/c1-17-3-12-24(29)28(25-17)22-10-6-19(7-11-22)18-4-8-21(9-5-18)27-14-13-20-15-26(2)16-23(20)27/h3-12,20,23H,13-16H2,1-2H3/t20-,23+/m1/s1. The highest BCUT2D eigenvalue weighted by atomic mass is 16.1. The molecule has 148 valence electrons. The summed E-state index contributed by atoms with van der Waals surface area (Å²) in [5, 5.41) is 4.33. The van der Waals surface area contributed by atoms with E-state index in [0.717, 1.165) is 29.4 Å². The zero-order valence-electron chi connectivity index (χ0n) is 17.0. The van der Waals surface area contributed by atoms with Crippen LogP contribution in [-0.2, 0) is 0 Å². The predicted octanol–water partition coefficient (Wildman–Crippen LogP) is 3.35. The fourth-order valence-electron chi connectivity index (χ4n) is 4.82. The monoisotopic (exact) mass is 386 g/mol. The maximum atomic E-state index is 12.1. The predicted molar refractivity (Wildman–Crippen MR) is 117 cm³/mol. The molecule has 0 amide bonds. The lowest BCUT2D eigenvalue weighted by atomic mass is 10.0. The molecule has 29 heavy (non-hydrogen) atoms. The van der Waals surface area contributed by atoms with Gasteiger partial charge in [0.05, 0.1) is 11.4 Å². The van der Waals surface area contributed by atoms with Gasteiger partial charge in [0.2, 0.25) is 0 Å². The Labute approximate surface area is 171 Å². The van der Waals surface area contributed by atoms with E-state index in [4.69, 9.17) is 0 Å². The maximum absolute atomic E-state index is 12.1. The maximum Gasteiger partial charge on any atom is 0.271 e. The first kappa shape index (κ1) is 18.1. The molecule has 0 radical (unpaired) electrons. The second-order valence-corrected chi connectivity index (χ2v) is 8.35. The molecule has 0 N–H and O–H groups in total. The Balaban J connectivity index is 1.37. The highest BCUT2D eigenvalue weighted by molar-refractivity contribution is 5.67. The van der Waals surface area contributed by atoms with Gasteiger partial charge in [-0.05, 0) is 67.8 Å². The van der Waals surface area contributed by atoms with E-state index >= 15 is 0 Å². The van der Waals surface area contributed by atoms with E-state index in [1.165, 1.54) is 35.4 Å². The van der Waals surface area contributed by atoms with Crippen LogP contribution in [-0.4, -0.2) is 47.4 Å². The van der Waals surface area contributed by atoms with E-state index in [0.29, 0.717) is 6.04 Å². The second kappa shape index (κ2) is 7.16. The summed E-state index contributed by atoms with van der Waals surface area (Å²) in [4.78, 5) is 17.1. The summed E-state index contributed by atoms with van der Waals surface area (Å²) in [5.74, 6) is 0.811. The van der Waals surface area contributed by atoms with Crippen molar-refractivity contribution in [2.75, 3.05) is 31.6 Å². The molecule has 0 aliphatic carbocycles. The van der Waals surface area contributed by atoms with Gasteiger partial charge in [-0.15, -0.1) is 0 Å². The lowest BCUT2D eigenvalue weighted by Gasteiger charge is -2.26. The zero-order valence-corrected chi connectivity index (χ0v) is 17.0. The number of anilines is 1. The Morgan fingerprint density at radius 1 is 0.862 bits per heavy atom. The average molecular weight is 386 g/mol. The quantitative estimate of drug-likeness (QED) is 0.692. The third-order valence-electron chi connectivity index (χ3n) is 6.31. The molecule has 0 spiro atoms. The van der Waals surface area contributed by atoms with Gasteiger partial charge < -0.3 is 9.80 Å². The van der Waals surface area contributed by atoms with E-state index in [9.17, 15) is 4.79 Å². The molecule has 5 heteroatoms. The Morgan fingerprint density at radius 3 is 2.21 bits per heavy atom. The van der Waals surface area contributed by atoms with E-state index in [1.54, 1.807) is 12.1 Å². The first-order chi connectivity index (χ1) is 14.1. The second-order valence-electron chi connectivity index (χ2n) is 8.35. The Morgan fingerprint density at radius 2 is 1.52 bits per heavy atom. The van der Waals surface area contributed by atoms with Gasteiger partial charge in [0, 0.05) is 37.4 Å². The number of likely N-dealkylation sites (tertiary alicyclic amines) is 1. The molecule has 0 bridgehead atoms. The molecule has 3 heterocycles. The molecule has 2 fully saturated rings. The third kappa shape index (κ3) is 3.36. The van der Waals surface area contributed by atoms with Gasteiger partial charge >= 0.3 is 0 Å². The number of aryl methyl sites for hydroxylation is 1. The van der Waals surface area contributed by atoms with Crippen molar-refractivity contribution in [1.29, 1.82) is 0 Å². The molecular weight excluding hydrogens is 360 g/mol. The van der Waals surface area contributed by atoms with Crippen LogP contribution in [0.25, 0.3) is 16.8 Å². The van der Waals surface area contributed by atoms with Gasteiger partial charge in [-0.1, -0.05) is 24.3 Å². The summed E-state index contributed by atoms with van der Waals surface area (Å²) in [6, 6.07) is 20.9. The van der Waals surface area contributed by atoms with E-state index in [-0.39, 0.29) is 5.56 Å². The van der Waals surface area contributed by atoms with E-state index in [2.05, 4.69) is 58.3 Å². The van der Waals surface area contributed by atoms with Gasteiger partial charge in [-0.3, -0.25) is 4.79 Å². The van der Waals surface area contributed by atoms with Gasteiger partial charge in [0.1, 0.15) is 0 Å². The minimum atomic E-state index is -0.117. The smallest absolute Gasteiger partial charge is 0.271 e. The summed E-state index contributed by atoms with van der Waals surface area (Å²) in [7, 11) is 2.23. The van der Waals surface area contributed by atoms with Crippen LogP contribution in [0.1, 0.15) is 12.1 Å². The fourth-order valence-corrected chi connectivity index (χ4v) is 4.82. The van der Waals surface area contributed by atoms with Crippen LogP contribution in [0.15, 0.2) is 65.5 Å². The molecule has 0 unspecified atom stereocenters. The first-order valence-electron chi connectivity index (χ1n) is 10.3. The van der Waals surface area contributed by atoms with Gasteiger partial charge in [0.25, 0.3) is 5.56 Å². The molecule has 2 atom stereocenters. The fraction of sp³-hybridized carbons (Fsp3) is 0.333. The van der Waals surface area contributed by atoms with Crippen LogP contribution in [0.5, 0.6) is 0 Å². The van der Waals surface area contributed by atoms with Crippen molar-refractivity contribution in [3.63, 3.8) is 0 Å². The molecule has 2 aromatic carbocycles. The Kier molecular flexibility index (Phi) is 4.47. The minimum absolute atomic E-state index is 0.117. The SMILES string of the molecule is Cc1ccc(=O)n(-c2ccc(-c3ccc(N4CC[C@@H]5CN(C)C[C@@H]54)cc3)cc2)n1.